The molecule has 214 valence electrons. The van der Waals surface area contributed by atoms with Gasteiger partial charge >= 0.3 is 0 Å². The third-order valence-electron chi connectivity index (χ3n) is 10.2. The zero-order chi connectivity index (χ0) is 30.2. The first kappa shape index (κ1) is 25.7. The van der Waals surface area contributed by atoms with Gasteiger partial charge in [0.1, 0.15) is 5.58 Å². The van der Waals surface area contributed by atoms with Gasteiger partial charge in [-0.2, -0.15) is 0 Å². The van der Waals surface area contributed by atoms with Gasteiger partial charge in [-0.1, -0.05) is 151 Å². The maximum Gasteiger partial charge on any atom is 0.246 e. The molecule has 4 heteroatoms. The van der Waals surface area contributed by atoms with E-state index in [1.165, 1.54) is 42.8 Å². The van der Waals surface area contributed by atoms with Crippen LogP contribution in [0.2, 0.25) is 0 Å². The topological polar surface area (TPSA) is 16.4 Å². The van der Waals surface area contributed by atoms with Crippen LogP contribution in [0.15, 0.2) is 174 Å². The molecule has 0 N–H and O–H groups in total. The molecule has 3 heterocycles. The van der Waals surface area contributed by atoms with Crippen molar-refractivity contribution in [3.63, 3.8) is 0 Å². The Kier molecular flexibility index (Phi) is 5.43. The number of hydrogen-bond donors (Lipinski definition) is 0. The smallest absolute Gasteiger partial charge is 0.246 e. The van der Waals surface area contributed by atoms with Crippen molar-refractivity contribution < 1.29 is 4.42 Å². The lowest BCUT2D eigenvalue weighted by atomic mass is 9.34. The van der Waals surface area contributed by atoms with E-state index in [0.717, 1.165) is 33.3 Å². The normalized spacial score (nSPS) is 14.2. The zero-order valence-corrected chi connectivity index (χ0v) is 26.1. The molecule has 0 fully saturated rings. The van der Waals surface area contributed by atoms with E-state index in [1.807, 2.05) is 0 Å². The van der Waals surface area contributed by atoms with Gasteiger partial charge in [0, 0.05) is 22.1 Å². The molecule has 46 heavy (non-hydrogen) atoms. The van der Waals surface area contributed by atoms with Crippen molar-refractivity contribution in [3.05, 3.63) is 170 Å². The lowest BCUT2D eigenvalue weighted by molar-refractivity contribution is 0.669. The molecule has 7 aromatic carbocycles. The fourth-order valence-electron chi connectivity index (χ4n) is 8.48. The minimum atomic E-state index is -2.71. The summed E-state index contributed by atoms with van der Waals surface area (Å²) in [5.41, 5.74) is 9.45. The van der Waals surface area contributed by atoms with Crippen LogP contribution in [-0.2, 0) is 0 Å². The van der Waals surface area contributed by atoms with Crippen LogP contribution in [0.5, 0.6) is 0 Å². The number of nitrogens with zero attached hydrogens (tertiary/aromatic N) is 1. The second-order valence-corrected chi connectivity index (χ2v) is 16.1. The van der Waals surface area contributed by atoms with E-state index in [9.17, 15) is 0 Å². The summed E-state index contributed by atoms with van der Waals surface area (Å²) in [5, 5.41) is 8.04. The summed E-state index contributed by atoms with van der Waals surface area (Å²) < 4.78 is 6.79. The van der Waals surface area contributed by atoms with E-state index in [-0.39, 0.29) is 6.71 Å². The van der Waals surface area contributed by atoms with E-state index < -0.39 is 8.07 Å². The van der Waals surface area contributed by atoms with Crippen LogP contribution in [0, 0.1) is 0 Å². The van der Waals surface area contributed by atoms with Gasteiger partial charge in [0.2, 0.25) is 6.71 Å². The second-order valence-electron chi connectivity index (χ2n) is 12.4. The lowest BCUT2D eigenvalue weighted by Crippen LogP contribution is -2.87. The molecule has 10 rings (SSSR count). The Morgan fingerprint density at radius 3 is 1.87 bits per heavy atom. The van der Waals surface area contributed by atoms with Crippen molar-refractivity contribution >= 4 is 90.9 Å². The molecule has 0 atom stereocenters. The summed E-state index contributed by atoms with van der Waals surface area (Å²) >= 11 is 0. The fourth-order valence-corrected chi connectivity index (χ4v) is 13.8. The quantitative estimate of drug-likeness (QED) is 0.246. The van der Waals surface area contributed by atoms with Crippen LogP contribution < -0.4 is 42.0 Å². The van der Waals surface area contributed by atoms with Crippen LogP contribution in [-0.4, -0.2) is 14.8 Å². The van der Waals surface area contributed by atoms with Crippen molar-refractivity contribution in [1.82, 2.24) is 0 Å². The van der Waals surface area contributed by atoms with Crippen LogP contribution in [0.1, 0.15) is 0 Å². The molecule has 0 amide bonds. The number of fused-ring (bicyclic) bond motifs is 8. The predicted molar refractivity (Wildman–Crippen MR) is 197 cm³/mol. The first-order valence-electron chi connectivity index (χ1n) is 16.0. The van der Waals surface area contributed by atoms with Crippen LogP contribution in [0.25, 0.3) is 21.9 Å². The van der Waals surface area contributed by atoms with Crippen molar-refractivity contribution in [2.75, 3.05) is 4.90 Å². The molecular weight excluding hydrogens is 573 g/mol. The molecule has 0 spiro atoms. The summed E-state index contributed by atoms with van der Waals surface area (Å²) in [4.78, 5) is 2.47. The first-order chi connectivity index (χ1) is 22.9. The van der Waals surface area contributed by atoms with Gasteiger partial charge in [-0.25, -0.2) is 0 Å². The molecule has 2 nitrogen and oxygen atoms in total. The minimum absolute atomic E-state index is 0.0722. The van der Waals surface area contributed by atoms with E-state index in [1.54, 1.807) is 0 Å². The Hall–Kier alpha value is -5.58. The average Bonchev–Trinajstić information content (AvgIpc) is 3.52. The third kappa shape index (κ3) is 3.31. The summed E-state index contributed by atoms with van der Waals surface area (Å²) in [7, 11) is -2.71. The lowest BCUT2D eigenvalue weighted by Gasteiger charge is -2.47. The Morgan fingerprint density at radius 1 is 0.478 bits per heavy atom. The van der Waals surface area contributed by atoms with Crippen LogP contribution in [0.3, 0.4) is 0 Å². The highest BCUT2D eigenvalue weighted by Crippen LogP contribution is 2.43. The van der Waals surface area contributed by atoms with Gasteiger partial charge in [0.15, 0.2) is 13.7 Å². The predicted octanol–water partition coefficient (Wildman–Crippen LogP) is 5.58. The first-order valence-corrected chi connectivity index (χ1v) is 18.0. The Labute approximate surface area is 269 Å². The summed E-state index contributed by atoms with van der Waals surface area (Å²) in [5.74, 6) is 0. The molecule has 8 aromatic rings. The minimum Gasteiger partial charge on any atom is -0.454 e. The molecule has 0 aliphatic carbocycles. The molecular formula is C42H28BNOSi. The monoisotopic (exact) mass is 601 g/mol. The highest BCUT2D eigenvalue weighted by Gasteiger charge is 2.53. The highest BCUT2D eigenvalue weighted by atomic mass is 28.3. The number of hydrogen-bond acceptors (Lipinski definition) is 2. The number of rotatable bonds is 3. The van der Waals surface area contributed by atoms with E-state index in [4.69, 9.17) is 4.42 Å². The third-order valence-corrected chi connectivity index (χ3v) is 15.1. The molecule has 0 saturated carbocycles. The van der Waals surface area contributed by atoms with Gasteiger partial charge in [0.05, 0.1) is 5.69 Å². The SMILES string of the molecule is c1ccc(N2c3cccc4c3B(c3ccccc3[Si]4(c3ccccc3)c3ccccc3)c3ccc4c(oc5ccccc54)c32)cc1. The Balaban J connectivity index is 1.39. The molecule has 1 aromatic heterocycles. The molecule has 0 bridgehead atoms. The largest absolute Gasteiger partial charge is 0.454 e. The van der Waals surface area contributed by atoms with Crippen molar-refractivity contribution in [1.29, 1.82) is 0 Å². The average molecular weight is 602 g/mol. The molecule has 2 aliphatic rings. The Bertz CT molecular complexity index is 2400. The number of para-hydroxylation sites is 2. The molecule has 0 saturated heterocycles. The maximum atomic E-state index is 6.79. The van der Waals surface area contributed by atoms with Gasteiger partial charge < -0.3 is 9.32 Å². The number of benzene rings is 7. The molecule has 2 aliphatic heterocycles. The van der Waals surface area contributed by atoms with Crippen molar-refractivity contribution in [3.8, 4) is 0 Å². The Morgan fingerprint density at radius 2 is 1.11 bits per heavy atom. The van der Waals surface area contributed by atoms with Crippen molar-refractivity contribution in [2.45, 2.75) is 0 Å². The van der Waals surface area contributed by atoms with Crippen molar-refractivity contribution in [2.24, 2.45) is 0 Å². The summed E-state index contributed by atoms with van der Waals surface area (Å²) in [6, 6.07) is 62.8. The standard InChI is InChI=1S/C42H28BNOSi/c1-4-15-29(16-5-1)44-36-23-14-26-39-40(36)43(35-28-27-33-32-21-10-12-24-37(32)45-42(33)41(35)44)34-22-11-13-25-38(34)46(39,30-17-6-2-7-18-30)31-19-8-3-9-20-31/h1-28H. The zero-order valence-electron chi connectivity index (χ0n) is 25.1. The summed E-state index contributed by atoms with van der Waals surface area (Å²) in [6.07, 6.45) is 0. The number of furan rings is 1. The fraction of sp³-hybridized carbons (Fsp3) is 0. The second kappa shape index (κ2) is 9.71. The molecule has 0 radical (unpaired) electrons. The highest BCUT2D eigenvalue weighted by molar-refractivity contribution is 7.26. The van der Waals surface area contributed by atoms with Gasteiger partial charge in [-0.15, -0.1) is 0 Å². The number of anilines is 3. The summed E-state index contributed by atoms with van der Waals surface area (Å²) in [6.45, 7) is 0.0722. The van der Waals surface area contributed by atoms with Gasteiger partial charge in [-0.3, -0.25) is 0 Å². The van der Waals surface area contributed by atoms with Gasteiger partial charge in [0.25, 0.3) is 0 Å². The van der Waals surface area contributed by atoms with E-state index in [0.29, 0.717) is 0 Å². The van der Waals surface area contributed by atoms with E-state index >= 15 is 0 Å². The maximum absolute atomic E-state index is 6.79. The molecule has 0 unspecified atom stereocenters. The van der Waals surface area contributed by atoms with Crippen LogP contribution in [0.4, 0.5) is 17.1 Å². The van der Waals surface area contributed by atoms with Gasteiger partial charge in [-0.05, 0) is 55.9 Å². The van der Waals surface area contributed by atoms with E-state index in [2.05, 4.69) is 175 Å². The van der Waals surface area contributed by atoms with Crippen LogP contribution >= 0.6 is 0 Å².